The molecule has 0 amide bonds. The third-order valence-corrected chi connectivity index (χ3v) is 2.03. The summed E-state index contributed by atoms with van der Waals surface area (Å²) in [7, 11) is 0. The Balaban J connectivity index is 2.41. The maximum atomic E-state index is 13.1. The lowest BCUT2D eigenvalue weighted by Gasteiger charge is -2.04. The van der Waals surface area contributed by atoms with Gasteiger partial charge < -0.3 is 0 Å². The molecule has 2 heteroatoms. The second-order valence-corrected chi connectivity index (χ2v) is 3.72. The van der Waals surface area contributed by atoms with Crippen molar-refractivity contribution in [3.63, 3.8) is 0 Å². The molecule has 0 aliphatic heterocycles. The van der Waals surface area contributed by atoms with Crippen LogP contribution in [0, 0.1) is 11.7 Å². The number of nitrogens with zero attached hydrogens (tertiary/aromatic N) is 1. The summed E-state index contributed by atoms with van der Waals surface area (Å²) in [5, 5.41) is 0. The smallest absolute Gasteiger partial charge is 0.144 e. The van der Waals surface area contributed by atoms with Gasteiger partial charge in [0.05, 0.1) is 5.69 Å². The summed E-state index contributed by atoms with van der Waals surface area (Å²) in [6.07, 6.45) is 4.56. The van der Waals surface area contributed by atoms with Crippen molar-refractivity contribution in [1.82, 2.24) is 4.98 Å². The summed E-state index contributed by atoms with van der Waals surface area (Å²) in [6, 6.07) is 3.10. The first-order chi connectivity index (χ1) is 6.20. The Morgan fingerprint density at radius 3 is 2.85 bits per heavy atom. The summed E-state index contributed by atoms with van der Waals surface area (Å²) in [4.78, 5) is 4.00. The van der Waals surface area contributed by atoms with Crippen LogP contribution in [-0.2, 0) is 6.42 Å². The van der Waals surface area contributed by atoms with E-state index in [1.807, 2.05) is 0 Å². The van der Waals surface area contributed by atoms with E-state index in [9.17, 15) is 4.39 Å². The first-order valence-electron chi connectivity index (χ1n) is 4.79. The molecule has 0 bridgehead atoms. The number of aryl methyl sites for hydroxylation is 1. The summed E-state index contributed by atoms with van der Waals surface area (Å²) in [6.45, 7) is 4.35. The Morgan fingerprint density at radius 1 is 1.46 bits per heavy atom. The van der Waals surface area contributed by atoms with Crippen LogP contribution in [0.15, 0.2) is 18.3 Å². The minimum absolute atomic E-state index is 0.175. The Morgan fingerprint density at radius 2 is 2.23 bits per heavy atom. The lowest BCUT2D eigenvalue weighted by molar-refractivity contribution is 0.536. The van der Waals surface area contributed by atoms with Crippen LogP contribution in [-0.4, -0.2) is 4.98 Å². The molecule has 1 aromatic rings. The normalized spacial score (nSPS) is 10.8. The number of hydrogen-bond acceptors (Lipinski definition) is 1. The van der Waals surface area contributed by atoms with E-state index in [-0.39, 0.29) is 5.82 Å². The fraction of sp³-hybridized carbons (Fsp3) is 0.545. The van der Waals surface area contributed by atoms with Gasteiger partial charge in [0.1, 0.15) is 5.82 Å². The molecule has 0 fully saturated rings. The van der Waals surface area contributed by atoms with Gasteiger partial charge in [0, 0.05) is 6.20 Å². The monoisotopic (exact) mass is 181 g/mol. The highest BCUT2D eigenvalue weighted by atomic mass is 19.1. The Bertz CT molecular complexity index is 258. The fourth-order valence-corrected chi connectivity index (χ4v) is 1.28. The van der Waals surface area contributed by atoms with Crippen molar-refractivity contribution in [2.24, 2.45) is 5.92 Å². The Labute approximate surface area is 79.0 Å². The van der Waals surface area contributed by atoms with Gasteiger partial charge in [-0.3, -0.25) is 4.98 Å². The maximum Gasteiger partial charge on any atom is 0.144 e. The third-order valence-electron chi connectivity index (χ3n) is 2.03. The van der Waals surface area contributed by atoms with Gasteiger partial charge in [-0.15, -0.1) is 0 Å². The number of hydrogen-bond donors (Lipinski definition) is 0. The lowest BCUT2D eigenvalue weighted by atomic mass is 10.1. The molecule has 13 heavy (non-hydrogen) atoms. The molecule has 0 aromatic carbocycles. The van der Waals surface area contributed by atoms with E-state index >= 15 is 0 Å². The second-order valence-electron chi connectivity index (χ2n) is 3.72. The first kappa shape index (κ1) is 10.2. The average molecular weight is 181 g/mol. The zero-order valence-corrected chi connectivity index (χ0v) is 8.26. The van der Waals surface area contributed by atoms with Crippen LogP contribution in [0.4, 0.5) is 4.39 Å². The molecule has 0 unspecified atom stereocenters. The van der Waals surface area contributed by atoms with Crippen LogP contribution in [0.1, 0.15) is 32.4 Å². The molecule has 1 aromatic heterocycles. The maximum absolute atomic E-state index is 13.1. The van der Waals surface area contributed by atoms with E-state index < -0.39 is 0 Å². The van der Waals surface area contributed by atoms with Crippen LogP contribution in [0.3, 0.4) is 0 Å². The number of aromatic nitrogens is 1. The SMILES string of the molecule is CC(C)CCCc1ncccc1F. The first-order valence-corrected chi connectivity index (χ1v) is 4.79. The number of halogens is 1. The predicted molar refractivity (Wildman–Crippen MR) is 52.0 cm³/mol. The molecule has 0 atom stereocenters. The minimum atomic E-state index is -0.175. The van der Waals surface area contributed by atoms with Gasteiger partial charge in [0.25, 0.3) is 0 Å². The van der Waals surface area contributed by atoms with Crippen molar-refractivity contribution in [3.8, 4) is 0 Å². The fourth-order valence-electron chi connectivity index (χ4n) is 1.28. The number of rotatable bonds is 4. The topological polar surface area (TPSA) is 12.9 Å². The predicted octanol–water partition coefficient (Wildman–Crippen LogP) is 3.20. The molecule has 0 radical (unpaired) electrons. The van der Waals surface area contributed by atoms with Crippen molar-refractivity contribution in [2.75, 3.05) is 0 Å². The van der Waals surface area contributed by atoms with Gasteiger partial charge in [-0.05, 0) is 30.9 Å². The lowest BCUT2D eigenvalue weighted by Crippen LogP contribution is -1.96. The van der Waals surface area contributed by atoms with Crippen LogP contribution >= 0.6 is 0 Å². The van der Waals surface area contributed by atoms with Crippen molar-refractivity contribution < 1.29 is 4.39 Å². The summed E-state index contributed by atoms with van der Waals surface area (Å²) < 4.78 is 13.1. The van der Waals surface area contributed by atoms with Crippen LogP contribution in [0.5, 0.6) is 0 Å². The highest BCUT2D eigenvalue weighted by molar-refractivity contribution is 5.06. The molecule has 72 valence electrons. The van der Waals surface area contributed by atoms with E-state index in [2.05, 4.69) is 18.8 Å². The third kappa shape index (κ3) is 3.53. The Hall–Kier alpha value is -0.920. The molecule has 1 rings (SSSR count). The van der Waals surface area contributed by atoms with Crippen molar-refractivity contribution in [3.05, 3.63) is 29.8 Å². The van der Waals surface area contributed by atoms with Crippen LogP contribution in [0.25, 0.3) is 0 Å². The van der Waals surface area contributed by atoms with E-state index in [0.717, 1.165) is 19.3 Å². The van der Waals surface area contributed by atoms with Crippen molar-refractivity contribution in [1.29, 1.82) is 0 Å². The zero-order chi connectivity index (χ0) is 9.68. The molecule has 0 saturated carbocycles. The summed E-state index contributed by atoms with van der Waals surface area (Å²) in [5.74, 6) is 0.512. The van der Waals surface area contributed by atoms with E-state index in [1.54, 1.807) is 12.3 Å². The number of pyridine rings is 1. The summed E-state index contributed by atoms with van der Waals surface area (Å²) in [5.41, 5.74) is 0.600. The molecule has 0 aliphatic rings. The van der Waals surface area contributed by atoms with Crippen molar-refractivity contribution >= 4 is 0 Å². The largest absolute Gasteiger partial charge is 0.258 e. The highest BCUT2D eigenvalue weighted by Crippen LogP contribution is 2.10. The van der Waals surface area contributed by atoms with E-state index in [0.29, 0.717) is 11.6 Å². The van der Waals surface area contributed by atoms with Gasteiger partial charge in [0.15, 0.2) is 0 Å². The van der Waals surface area contributed by atoms with Crippen LogP contribution in [0.2, 0.25) is 0 Å². The average Bonchev–Trinajstić information content (AvgIpc) is 2.08. The van der Waals surface area contributed by atoms with Crippen LogP contribution < -0.4 is 0 Å². The molecule has 0 aliphatic carbocycles. The van der Waals surface area contributed by atoms with Gasteiger partial charge in [-0.2, -0.15) is 0 Å². The zero-order valence-electron chi connectivity index (χ0n) is 8.26. The van der Waals surface area contributed by atoms with E-state index in [4.69, 9.17) is 0 Å². The molecule has 1 heterocycles. The molecular weight excluding hydrogens is 165 g/mol. The van der Waals surface area contributed by atoms with Gasteiger partial charge >= 0.3 is 0 Å². The minimum Gasteiger partial charge on any atom is -0.258 e. The van der Waals surface area contributed by atoms with E-state index in [1.165, 1.54) is 6.07 Å². The summed E-state index contributed by atoms with van der Waals surface area (Å²) >= 11 is 0. The quantitative estimate of drug-likeness (QED) is 0.695. The molecular formula is C11H16FN. The highest BCUT2D eigenvalue weighted by Gasteiger charge is 2.02. The molecule has 1 nitrogen and oxygen atoms in total. The standard InChI is InChI=1S/C11H16FN/c1-9(2)5-3-7-11-10(12)6-4-8-13-11/h4,6,8-9H,3,5,7H2,1-2H3. The van der Waals surface area contributed by atoms with Gasteiger partial charge in [-0.1, -0.05) is 20.3 Å². The molecule has 0 N–H and O–H groups in total. The van der Waals surface area contributed by atoms with Gasteiger partial charge in [-0.25, -0.2) is 4.39 Å². The van der Waals surface area contributed by atoms with Crippen molar-refractivity contribution in [2.45, 2.75) is 33.1 Å². The molecule has 0 saturated heterocycles. The van der Waals surface area contributed by atoms with Gasteiger partial charge in [0.2, 0.25) is 0 Å². The second kappa shape index (κ2) is 4.95. The Kier molecular flexibility index (Phi) is 3.87. The molecule has 0 spiro atoms.